The Labute approximate surface area is 140 Å². The zero-order valence-corrected chi connectivity index (χ0v) is 15.0. The summed E-state index contributed by atoms with van der Waals surface area (Å²) in [6.07, 6.45) is 3.68. The van der Waals surface area contributed by atoms with Crippen LogP contribution >= 0.6 is 0 Å². The molecule has 0 bridgehead atoms. The van der Waals surface area contributed by atoms with E-state index in [-0.39, 0.29) is 11.8 Å². The first-order valence-electron chi connectivity index (χ1n) is 8.86. The van der Waals surface area contributed by atoms with Crippen LogP contribution in [-0.2, 0) is 9.59 Å². The van der Waals surface area contributed by atoms with Gasteiger partial charge < -0.3 is 14.7 Å². The van der Waals surface area contributed by atoms with Gasteiger partial charge in [-0.2, -0.15) is 0 Å². The van der Waals surface area contributed by atoms with E-state index < -0.39 is 0 Å². The zero-order valence-electron chi connectivity index (χ0n) is 15.0. The Bertz CT molecular complexity index is 397. The van der Waals surface area contributed by atoms with Gasteiger partial charge in [0.25, 0.3) is 0 Å². The number of carbonyl (C=O) groups excluding carboxylic acids is 2. The van der Waals surface area contributed by atoms with E-state index in [0.29, 0.717) is 32.7 Å². The average Bonchev–Trinajstić information content (AvgIpc) is 2.54. The van der Waals surface area contributed by atoms with Crippen molar-refractivity contribution < 1.29 is 9.59 Å². The smallest absolute Gasteiger partial charge is 0.236 e. The third kappa shape index (κ3) is 5.77. The minimum Gasteiger partial charge on any atom is -0.339 e. The van der Waals surface area contributed by atoms with Crippen molar-refractivity contribution in [1.82, 2.24) is 19.6 Å². The molecule has 0 aromatic carbocycles. The number of hydrogen-bond donors (Lipinski definition) is 0. The molecule has 2 saturated heterocycles. The highest BCUT2D eigenvalue weighted by molar-refractivity contribution is 5.79. The van der Waals surface area contributed by atoms with Crippen LogP contribution in [0.4, 0.5) is 0 Å². The minimum absolute atomic E-state index is 0.108. The fourth-order valence-electron chi connectivity index (χ4n) is 3.44. The molecule has 2 heterocycles. The lowest BCUT2D eigenvalue weighted by Crippen LogP contribution is -2.52. The lowest BCUT2D eigenvalue weighted by Gasteiger charge is -2.37. The van der Waals surface area contributed by atoms with E-state index in [2.05, 4.69) is 23.9 Å². The SMILES string of the molecule is CC(=O)N1CCN(C(=O)CN2CCC(CCN(C)C)CC2)CC1. The molecule has 6 nitrogen and oxygen atoms in total. The molecule has 0 radical (unpaired) electrons. The summed E-state index contributed by atoms with van der Waals surface area (Å²) in [6, 6.07) is 0. The number of rotatable bonds is 5. The fourth-order valence-corrected chi connectivity index (χ4v) is 3.44. The Morgan fingerprint density at radius 2 is 1.52 bits per heavy atom. The quantitative estimate of drug-likeness (QED) is 0.732. The number of nitrogens with zero attached hydrogens (tertiary/aromatic N) is 4. The van der Waals surface area contributed by atoms with Gasteiger partial charge in [-0.05, 0) is 58.9 Å². The second-order valence-electron chi connectivity index (χ2n) is 7.20. The van der Waals surface area contributed by atoms with E-state index in [1.54, 1.807) is 6.92 Å². The van der Waals surface area contributed by atoms with Crippen molar-refractivity contribution in [2.24, 2.45) is 5.92 Å². The predicted molar refractivity (Wildman–Crippen MR) is 91.2 cm³/mol. The molecule has 0 aromatic rings. The lowest BCUT2D eigenvalue weighted by atomic mass is 9.93. The molecule has 0 unspecified atom stereocenters. The molecular weight excluding hydrogens is 292 g/mol. The first-order chi connectivity index (χ1) is 11.0. The van der Waals surface area contributed by atoms with E-state index >= 15 is 0 Å². The summed E-state index contributed by atoms with van der Waals surface area (Å²) >= 11 is 0. The summed E-state index contributed by atoms with van der Waals surface area (Å²) in [5.41, 5.74) is 0. The number of likely N-dealkylation sites (tertiary alicyclic amines) is 1. The van der Waals surface area contributed by atoms with Crippen LogP contribution in [0.1, 0.15) is 26.2 Å². The number of piperazine rings is 1. The van der Waals surface area contributed by atoms with E-state index in [1.807, 2.05) is 9.80 Å². The van der Waals surface area contributed by atoms with Crippen LogP contribution in [0.5, 0.6) is 0 Å². The maximum atomic E-state index is 12.4. The Kier molecular flexibility index (Phi) is 6.84. The summed E-state index contributed by atoms with van der Waals surface area (Å²) in [4.78, 5) is 32.0. The van der Waals surface area contributed by atoms with Crippen LogP contribution in [0, 0.1) is 5.92 Å². The van der Waals surface area contributed by atoms with Crippen molar-refractivity contribution in [3.8, 4) is 0 Å². The molecule has 0 N–H and O–H groups in total. The lowest BCUT2D eigenvalue weighted by molar-refractivity contribution is -0.139. The van der Waals surface area contributed by atoms with Crippen LogP contribution in [0.3, 0.4) is 0 Å². The van der Waals surface area contributed by atoms with Crippen LogP contribution in [0.15, 0.2) is 0 Å². The standard InChI is InChI=1S/C17H32N4O2/c1-15(22)20-10-12-21(13-11-20)17(23)14-19-8-5-16(6-9-19)4-7-18(2)3/h16H,4-14H2,1-3H3. The zero-order chi connectivity index (χ0) is 16.8. The number of piperidine rings is 1. The molecule has 23 heavy (non-hydrogen) atoms. The van der Waals surface area contributed by atoms with Gasteiger partial charge in [-0.1, -0.05) is 0 Å². The molecule has 0 atom stereocenters. The first kappa shape index (κ1) is 18.2. The van der Waals surface area contributed by atoms with Gasteiger partial charge in [0.1, 0.15) is 0 Å². The molecule has 6 heteroatoms. The molecule has 0 spiro atoms. The highest BCUT2D eigenvalue weighted by Crippen LogP contribution is 2.20. The molecule has 2 rings (SSSR count). The third-order valence-electron chi connectivity index (χ3n) is 5.13. The molecule has 2 aliphatic heterocycles. The first-order valence-corrected chi connectivity index (χ1v) is 8.86. The van der Waals surface area contributed by atoms with Crippen molar-refractivity contribution in [2.75, 3.05) is 66.5 Å². The Morgan fingerprint density at radius 3 is 2.04 bits per heavy atom. The molecule has 0 aromatic heterocycles. The predicted octanol–water partition coefficient (Wildman–Crippen LogP) is 0.341. The Balaban J connectivity index is 1.66. The largest absolute Gasteiger partial charge is 0.339 e. The molecule has 2 amide bonds. The van der Waals surface area contributed by atoms with E-state index in [4.69, 9.17) is 0 Å². The normalized spacial score (nSPS) is 21.0. The molecule has 132 valence electrons. The second kappa shape index (κ2) is 8.64. The van der Waals surface area contributed by atoms with Gasteiger partial charge in [0, 0.05) is 33.1 Å². The fraction of sp³-hybridized carbons (Fsp3) is 0.882. The van der Waals surface area contributed by atoms with Crippen LogP contribution in [0.25, 0.3) is 0 Å². The van der Waals surface area contributed by atoms with Crippen molar-refractivity contribution in [3.63, 3.8) is 0 Å². The Hall–Kier alpha value is -1.14. The van der Waals surface area contributed by atoms with Crippen LogP contribution < -0.4 is 0 Å². The summed E-state index contributed by atoms with van der Waals surface area (Å²) in [5.74, 6) is 1.14. The molecule has 0 aliphatic carbocycles. The summed E-state index contributed by atoms with van der Waals surface area (Å²) in [6.45, 7) is 8.08. The topological polar surface area (TPSA) is 47.1 Å². The van der Waals surface area contributed by atoms with Gasteiger partial charge in [-0.15, -0.1) is 0 Å². The highest BCUT2D eigenvalue weighted by Gasteiger charge is 2.25. The van der Waals surface area contributed by atoms with E-state index in [1.165, 1.54) is 19.3 Å². The molecule has 2 fully saturated rings. The summed E-state index contributed by atoms with van der Waals surface area (Å²) < 4.78 is 0. The number of amides is 2. The van der Waals surface area contributed by atoms with Gasteiger partial charge in [-0.3, -0.25) is 14.5 Å². The van der Waals surface area contributed by atoms with Crippen molar-refractivity contribution in [2.45, 2.75) is 26.2 Å². The second-order valence-corrected chi connectivity index (χ2v) is 7.20. The van der Waals surface area contributed by atoms with Crippen LogP contribution in [0.2, 0.25) is 0 Å². The monoisotopic (exact) mass is 324 g/mol. The van der Waals surface area contributed by atoms with Gasteiger partial charge >= 0.3 is 0 Å². The van der Waals surface area contributed by atoms with Crippen molar-refractivity contribution in [1.29, 1.82) is 0 Å². The van der Waals surface area contributed by atoms with Crippen molar-refractivity contribution in [3.05, 3.63) is 0 Å². The molecule has 2 aliphatic rings. The van der Waals surface area contributed by atoms with Gasteiger partial charge in [-0.25, -0.2) is 0 Å². The Morgan fingerprint density at radius 1 is 0.957 bits per heavy atom. The van der Waals surface area contributed by atoms with Gasteiger partial charge in [0.05, 0.1) is 6.54 Å². The van der Waals surface area contributed by atoms with E-state index in [0.717, 1.165) is 25.6 Å². The average molecular weight is 324 g/mol. The highest BCUT2D eigenvalue weighted by atomic mass is 16.2. The maximum absolute atomic E-state index is 12.4. The molecule has 0 saturated carbocycles. The van der Waals surface area contributed by atoms with Gasteiger partial charge in [0.2, 0.25) is 11.8 Å². The van der Waals surface area contributed by atoms with Crippen LogP contribution in [-0.4, -0.2) is 97.9 Å². The van der Waals surface area contributed by atoms with E-state index in [9.17, 15) is 9.59 Å². The third-order valence-corrected chi connectivity index (χ3v) is 5.13. The van der Waals surface area contributed by atoms with Gasteiger partial charge in [0.15, 0.2) is 0 Å². The summed E-state index contributed by atoms with van der Waals surface area (Å²) in [5, 5.41) is 0. The number of hydrogen-bond acceptors (Lipinski definition) is 4. The number of carbonyl (C=O) groups is 2. The summed E-state index contributed by atoms with van der Waals surface area (Å²) in [7, 11) is 4.25. The molecular formula is C17H32N4O2. The maximum Gasteiger partial charge on any atom is 0.236 e. The minimum atomic E-state index is 0.108. The van der Waals surface area contributed by atoms with Crippen molar-refractivity contribution >= 4 is 11.8 Å².